The van der Waals surface area contributed by atoms with Gasteiger partial charge in [-0.3, -0.25) is 9.97 Å². The molecule has 1 atom stereocenters. The minimum absolute atomic E-state index is 0.0981. The summed E-state index contributed by atoms with van der Waals surface area (Å²) in [6, 6.07) is 0.0981. The van der Waals surface area contributed by atoms with Crippen LogP contribution in [0.1, 0.15) is 30.4 Å². The molecule has 0 amide bonds. The largest absolute Gasteiger partial charge is 0.338 e. The molecule has 0 saturated heterocycles. The van der Waals surface area contributed by atoms with Crippen LogP contribution in [0.3, 0.4) is 0 Å². The van der Waals surface area contributed by atoms with Crippen molar-refractivity contribution < 1.29 is 4.52 Å². The molecule has 0 spiro atoms. The first-order valence-electron chi connectivity index (χ1n) is 5.04. The molecule has 0 saturated carbocycles. The minimum Gasteiger partial charge on any atom is -0.338 e. The molecule has 0 aromatic carbocycles. The Balaban J connectivity index is 1.91. The van der Waals surface area contributed by atoms with E-state index in [1.165, 1.54) is 0 Å². The summed E-state index contributed by atoms with van der Waals surface area (Å²) in [5.74, 6) is 1.22. The molecule has 6 nitrogen and oxygen atoms in total. The number of hydrogen-bond acceptors (Lipinski definition) is 6. The first-order chi connectivity index (χ1) is 7.75. The summed E-state index contributed by atoms with van der Waals surface area (Å²) in [6.45, 7) is 4.32. The monoisotopic (exact) mass is 219 g/mol. The van der Waals surface area contributed by atoms with Crippen LogP contribution >= 0.6 is 0 Å². The highest BCUT2D eigenvalue weighted by Gasteiger charge is 2.08. The molecule has 0 aliphatic heterocycles. The van der Waals surface area contributed by atoms with Gasteiger partial charge in [0.25, 0.3) is 0 Å². The van der Waals surface area contributed by atoms with Crippen LogP contribution in [0.25, 0.3) is 0 Å². The van der Waals surface area contributed by atoms with E-state index >= 15 is 0 Å². The molecule has 84 valence electrons. The van der Waals surface area contributed by atoms with E-state index in [0.29, 0.717) is 18.3 Å². The summed E-state index contributed by atoms with van der Waals surface area (Å²) < 4.78 is 4.99. The van der Waals surface area contributed by atoms with Crippen LogP contribution in [0.5, 0.6) is 0 Å². The summed E-state index contributed by atoms with van der Waals surface area (Å²) >= 11 is 0. The van der Waals surface area contributed by atoms with Gasteiger partial charge >= 0.3 is 0 Å². The highest BCUT2D eigenvalue weighted by molar-refractivity contribution is 5.00. The molecule has 0 aliphatic rings. The maximum atomic E-state index is 4.99. The summed E-state index contributed by atoms with van der Waals surface area (Å²) in [7, 11) is 0. The third-order valence-electron chi connectivity index (χ3n) is 2.16. The molecule has 2 aromatic rings. The van der Waals surface area contributed by atoms with E-state index in [1.807, 2.05) is 6.92 Å². The third kappa shape index (κ3) is 2.60. The fourth-order valence-electron chi connectivity index (χ4n) is 1.29. The number of aromatic nitrogens is 4. The topological polar surface area (TPSA) is 76.7 Å². The van der Waals surface area contributed by atoms with E-state index in [9.17, 15) is 0 Å². The lowest BCUT2D eigenvalue weighted by Crippen LogP contribution is -2.19. The summed E-state index contributed by atoms with van der Waals surface area (Å²) in [6.07, 6.45) is 5.05. The first-order valence-corrected chi connectivity index (χ1v) is 5.04. The molecular weight excluding hydrogens is 206 g/mol. The molecule has 2 rings (SSSR count). The molecule has 16 heavy (non-hydrogen) atoms. The summed E-state index contributed by atoms with van der Waals surface area (Å²) in [5, 5.41) is 6.94. The van der Waals surface area contributed by atoms with Gasteiger partial charge in [-0.25, -0.2) is 0 Å². The summed E-state index contributed by atoms with van der Waals surface area (Å²) in [4.78, 5) is 12.3. The molecule has 0 bridgehead atoms. The number of nitrogens with one attached hydrogen (secondary N) is 1. The second kappa shape index (κ2) is 4.80. The standard InChI is InChI=1S/C10H13N5O/c1-7(9-5-11-3-4-12-9)13-6-10-14-8(2)15-16-10/h3-5,7,13H,6H2,1-2H3. The lowest BCUT2D eigenvalue weighted by molar-refractivity contribution is 0.356. The van der Waals surface area contributed by atoms with Crippen molar-refractivity contribution in [3.8, 4) is 0 Å². The smallest absolute Gasteiger partial charge is 0.240 e. The van der Waals surface area contributed by atoms with Crippen LogP contribution < -0.4 is 5.32 Å². The van der Waals surface area contributed by atoms with Crippen molar-refractivity contribution in [1.29, 1.82) is 0 Å². The first kappa shape index (κ1) is 10.7. The van der Waals surface area contributed by atoms with E-state index in [-0.39, 0.29) is 6.04 Å². The molecular formula is C10H13N5O. The fraction of sp³-hybridized carbons (Fsp3) is 0.400. The highest BCUT2D eigenvalue weighted by Crippen LogP contribution is 2.07. The number of hydrogen-bond donors (Lipinski definition) is 1. The Hall–Kier alpha value is -1.82. The van der Waals surface area contributed by atoms with E-state index in [1.54, 1.807) is 25.5 Å². The molecule has 2 heterocycles. The predicted molar refractivity (Wildman–Crippen MR) is 56.3 cm³/mol. The van der Waals surface area contributed by atoms with Crippen molar-refractivity contribution in [2.75, 3.05) is 0 Å². The van der Waals surface area contributed by atoms with Crippen molar-refractivity contribution in [1.82, 2.24) is 25.4 Å². The van der Waals surface area contributed by atoms with E-state index in [2.05, 4.69) is 25.4 Å². The Morgan fingerprint density at radius 2 is 2.31 bits per heavy atom. The van der Waals surface area contributed by atoms with Crippen LogP contribution in [-0.4, -0.2) is 20.1 Å². The average molecular weight is 219 g/mol. The molecule has 0 fully saturated rings. The zero-order chi connectivity index (χ0) is 11.4. The van der Waals surface area contributed by atoms with Gasteiger partial charge in [0.05, 0.1) is 12.2 Å². The highest BCUT2D eigenvalue weighted by atomic mass is 16.5. The Labute approximate surface area is 93.1 Å². The predicted octanol–water partition coefficient (Wildman–Crippen LogP) is 1.02. The van der Waals surface area contributed by atoms with Gasteiger partial charge in [0.1, 0.15) is 0 Å². The lowest BCUT2D eigenvalue weighted by Gasteiger charge is -2.10. The third-order valence-corrected chi connectivity index (χ3v) is 2.16. The molecule has 6 heteroatoms. The quantitative estimate of drug-likeness (QED) is 0.827. The van der Waals surface area contributed by atoms with Gasteiger partial charge in [0.15, 0.2) is 5.82 Å². The van der Waals surface area contributed by atoms with Crippen molar-refractivity contribution in [2.24, 2.45) is 0 Å². The van der Waals surface area contributed by atoms with Crippen LogP contribution in [0, 0.1) is 6.92 Å². The molecule has 2 aromatic heterocycles. The van der Waals surface area contributed by atoms with Crippen molar-refractivity contribution in [3.05, 3.63) is 36.0 Å². The minimum atomic E-state index is 0.0981. The SMILES string of the molecule is Cc1noc(CNC(C)c2cnccn2)n1. The Morgan fingerprint density at radius 3 is 2.94 bits per heavy atom. The van der Waals surface area contributed by atoms with Gasteiger partial charge in [0, 0.05) is 24.6 Å². The zero-order valence-electron chi connectivity index (χ0n) is 9.21. The van der Waals surface area contributed by atoms with Crippen molar-refractivity contribution in [2.45, 2.75) is 26.4 Å². The van der Waals surface area contributed by atoms with Gasteiger partial charge in [0.2, 0.25) is 5.89 Å². The number of aryl methyl sites for hydroxylation is 1. The number of nitrogens with zero attached hydrogens (tertiary/aromatic N) is 4. The molecule has 0 radical (unpaired) electrons. The maximum absolute atomic E-state index is 4.99. The molecule has 1 N–H and O–H groups in total. The molecule has 0 aliphatic carbocycles. The van der Waals surface area contributed by atoms with Crippen LogP contribution in [0.15, 0.2) is 23.1 Å². The van der Waals surface area contributed by atoms with Crippen molar-refractivity contribution >= 4 is 0 Å². The lowest BCUT2D eigenvalue weighted by atomic mass is 10.2. The second-order valence-electron chi connectivity index (χ2n) is 3.47. The normalized spacial score (nSPS) is 12.6. The Bertz CT molecular complexity index is 441. The Kier molecular flexibility index (Phi) is 3.21. The Morgan fingerprint density at radius 1 is 1.44 bits per heavy atom. The van der Waals surface area contributed by atoms with Gasteiger partial charge in [-0.05, 0) is 13.8 Å². The summed E-state index contributed by atoms with van der Waals surface area (Å²) in [5.41, 5.74) is 0.888. The molecule has 1 unspecified atom stereocenters. The average Bonchev–Trinajstić information content (AvgIpc) is 2.73. The fourth-order valence-corrected chi connectivity index (χ4v) is 1.29. The van der Waals surface area contributed by atoms with Gasteiger partial charge in [-0.2, -0.15) is 4.98 Å². The van der Waals surface area contributed by atoms with Crippen molar-refractivity contribution in [3.63, 3.8) is 0 Å². The van der Waals surface area contributed by atoms with Crippen LogP contribution in [-0.2, 0) is 6.54 Å². The zero-order valence-corrected chi connectivity index (χ0v) is 9.21. The second-order valence-corrected chi connectivity index (χ2v) is 3.47. The van der Waals surface area contributed by atoms with Gasteiger partial charge in [-0.1, -0.05) is 5.16 Å². The van der Waals surface area contributed by atoms with E-state index in [4.69, 9.17) is 4.52 Å². The van der Waals surface area contributed by atoms with Crippen LogP contribution in [0.4, 0.5) is 0 Å². The van der Waals surface area contributed by atoms with Crippen LogP contribution in [0.2, 0.25) is 0 Å². The maximum Gasteiger partial charge on any atom is 0.240 e. The van der Waals surface area contributed by atoms with Gasteiger partial charge < -0.3 is 9.84 Å². The van der Waals surface area contributed by atoms with Gasteiger partial charge in [-0.15, -0.1) is 0 Å². The number of rotatable bonds is 4. The van der Waals surface area contributed by atoms with E-state index < -0.39 is 0 Å². The van der Waals surface area contributed by atoms with E-state index in [0.717, 1.165) is 5.69 Å².